The van der Waals surface area contributed by atoms with Gasteiger partial charge in [0.15, 0.2) is 0 Å². The zero-order valence-corrected chi connectivity index (χ0v) is 15.2. The van der Waals surface area contributed by atoms with Gasteiger partial charge in [-0.2, -0.15) is 0 Å². The molecular formula is C20H13N5O5. The molecule has 4 aromatic rings. The molecule has 10 heteroatoms. The van der Waals surface area contributed by atoms with Crippen molar-refractivity contribution in [1.82, 2.24) is 9.97 Å². The fourth-order valence-corrected chi connectivity index (χ4v) is 2.94. The lowest BCUT2D eigenvalue weighted by molar-refractivity contribution is -0.394. The number of benzene rings is 3. The van der Waals surface area contributed by atoms with Gasteiger partial charge in [-0.05, 0) is 36.4 Å². The molecule has 0 spiro atoms. The average Bonchev–Trinajstić information content (AvgIpc) is 3.18. The number of imidazole rings is 1. The van der Waals surface area contributed by atoms with Crippen molar-refractivity contribution < 1.29 is 14.6 Å². The fraction of sp³-hybridized carbons (Fsp3) is 0. The van der Waals surface area contributed by atoms with E-state index in [0.29, 0.717) is 11.5 Å². The average molecular weight is 403 g/mol. The maximum atomic E-state index is 12.5. The quantitative estimate of drug-likeness (QED) is 0.375. The van der Waals surface area contributed by atoms with Crippen LogP contribution in [0.1, 0.15) is 10.4 Å². The van der Waals surface area contributed by atoms with Gasteiger partial charge in [0.2, 0.25) is 0 Å². The van der Waals surface area contributed by atoms with Crippen LogP contribution in [0.15, 0.2) is 66.7 Å². The molecule has 0 aliphatic rings. The first-order valence-electron chi connectivity index (χ1n) is 8.71. The minimum Gasteiger partial charge on any atom is -0.338 e. The molecule has 0 radical (unpaired) electrons. The number of aromatic amines is 1. The number of carbonyl (C=O) groups excluding carboxylic acids is 1. The summed E-state index contributed by atoms with van der Waals surface area (Å²) in [4.78, 5) is 40.6. The molecule has 1 heterocycles. The molecule has 4 rings (SSSR count). The van der Waals surface area contributed by atoms with Crippen LogP contribution in [0.4, 0.5) is 17.1 Å². The highest BCUT2D eigenvalue weighted by Crippen LogP contribution is 2.25. The van der Waals surface area contributed by atoms with Crippen LogP contribution in [-0.4, -0.2) is 25.7 Å². The molecule has 0 bridgehead atoms. The van der Waals surface area contributed by atoms with Crippen molar-refractivity contribution in [2.24, 2.45) is 0 Å². The van der Waals surface area contributed by atoms with E-state index in [1.54, 1.807) is 24.3 Å². The van der Waals surface area contributed by atoms with Crippen molar-refractivity contribution in [2.45, 2.75) is 0 Å². The number of hydrogen-bond donors (Lipinski definition) is 2. The minimum absolute atomic E-state index is 0.183. The number of nitro groups is 2. The summed E-state index contributed by atoms with van der Waals surface area (Å²) in [6.45, 7) is 0. The zero-order chi connectivity index (χ0) is 21.3. The van der Waals surface area contributed by atoms with Crippen molar-refractivity contribution in [2.75, 3.05) is 5.32 Å². The monoisotopic (exact) mass is 403 g/mol. The molecule has 148 valence electrons. The number of anilines is 1. The van der Waals surface area contributed by atoms with E-state index in [9.17, 15) is 25.0 Å². The first kappa shape index (κ1) is 18.7. The number of nitrogens with zero attached hydrogens (tertiary/aromatic N) is 3. The molecule has 10 nitrogen and oxygen atoms in total. The van der Waals surface area contributed by atoms with E-state index < -0.39 is 27.1 Å². The lowest BCUT2D eigenvalue weighted by Gasteiger charge is -2.06. The van der Waals surface area contributed by atoms with E-state index >= 15 is 0 Å². The molecule has 0 aliphatic heterocycles. The summed E-state index contributed by atoms with van der Waals surface area (Å²) in [5.41, 5.74) is 1.71. The molecular weight excluding hydrogens is 390 g/mol. The predicted octanol–water partition coefficient (Wildman–Crippen LogP) is 4.30. The summed E-state index contributed by atoms with van der Waals surface area (Å²) < 4.78 is 0. The Hall–Kier alpha value is -4.60. The molecule has 0 saturated heterocycles. The molecule has 0 atom stereocenters. The predicted molar refractivity (Wildman–Crippen MR) is 109 cm³/mol. The number of H-pyrrole nitrogens is 1. The van der Waals surface area contributed by atoms with E-state index in [0.717, 1.165) is 34.8 Å². The third-order valence-corrected chi connectivity index (χ3v) is 4.39. The number of non-ortho nitro benzene ring substituents is 2. The second-order valence-corrected chi connectivity index (χ2v) is 6.39. The third kappa shape index (κ3) is 3.69. The van der Waals surface area contributed by atoms with Crippen LogP contribution in [0.5, 0.6) is 0 Å². The van der Waals surface area contributed by atoms with Crippen LogP contribution in [0.3, 0.4) is 0 Å². The second-order valence-electron chi connectivity index (χ2n) is 6.39. The van der Waals surface area contributed by atoms with E-state index in [4.69, 9.17) is 0 Å². The molecule has 30 heavy (non-hydrogen) atoms. The Bertz CT molecular complexity index is 1230. The Morgan fingerprint density at radius 3 is 2.13 bits per heavy atom. The summed E-state index contributed by atoms with van der Waals surface area (Å²) >= 11 is 0. The standard InChI is InChI=1S/C20H13N5O5/c26-20(13-9-15(24(27)28)11-16(10-13)25(29)30)21-14-7-5-12(6-8-14)19-22-17-3-1-2-4-18(17)23-19/h1-11H,(H,21,26)(H,22,23). The Labute approximate surface area is 168 Å². The van der Waals surface area contributed by atoms with Crippen LogP contribution in [0, 0.1) is 20.2 Å². The SMILES string of the molecule is O=C(Nc1ccc(-c2nc3ccccc3[nH]2)cc1)c1cc([N+](=O)[O-])cc([N+](=O)[O-])c1. The molecule has 0 aliphatic carbocycles. The van der Waals surface area contributed by atoms with Gasteiger partial charge >= 0.3 is 0 Å². The molecule has 0 saturated carbocycles. The number of para-hydroxylation sites is 2. The van der Waals surface area contributed by atoms with Gasteiger partial charge < -0.3 is 10.3 Å². The van der Waals surface area contributed by atoms with Crippen molar-refractivity contribution in [3.63, 3.8) is 0 Å². The van der Waals surface area contributed by atoms with Gasteiger partial charge in [0.25, 0.3) is 17.3 Å². The van der Waals surface area contributed by atoms with Crippen molar-refractivity contribution in [1.29, 1.82) is 0 Å². The van der Waals surface area contributed by atoms with Crippen molar-refractivity contribution in [3.05, 3.63) is 92.5 Å². The van der Waals surface area contributed by atoms with Gasteiger partial charge in [0.05, 0.1) is 32.5 Å². The molecule has 3 aromatic carbocycles. The molecule has 0 fully saturated rings. The Morgan fingerprint density at radius 1 is 0.900 bits per heavy atom. The smallest absolute Gasteiger partial charge is 0.277 e. The zero-order valence-electron chi connectivity index (χ0n) is 15.2. The van der Waals surface area contributed by atoms with E-state index in [1.807, 2.05) is 24.3 Å². The second kappa shape index (κ2) is 7.43. The van der Waals surface area contributed by atoms with Gasteiger partial charge in [-0.15, -0.1) is 0 Å². The fourth-order valence-electron chi connectivity index (χ4n) is 2.94. The summed E-state index contributed by atoms with van der Waals surface area (Å²) in [5, 5.41) is 24.6. The Balaban J connectivity index is 1.56. The molecule has 1 aromatic heterocycles. The van der Waals surface area contributed by atoms with Gasteiger partial charge in [0, 0.05) is 23.4 Å². The first-order chi connectivity index (χ1) is 14.4. The van der Waals surface area contributed by atoms with Crippen LogP contribution >= 0.6 is 0 Å². The number of rotatable bonds is 5. The van der Waals surface area contributed by atoms with Crippen LogP contribution in [0.2, 0.25) is 0 Å². The maximum Gasteiger partial charge on any atom is 0.277 e. The van der Waals surface area contributed by atoms with E-state index in [2.05, 4.69) is 15.3 Å². The van der Waals surface area contributed by atoms with Crippen molar-refractivity contribution >= 4 is 34.0 Å². The van der Waals surface area contributed by atoms with E-state index in [1.165, 1.54) is 0 Å². The van der Waals surface area contributed by atoms with Crippen LogP contribution < -0.4 is 5.32 Å². The van der Waals surface area contributed by atoms with Gasteiger partial charge in [-0.1, -0.05) is 12.1 Å². The lowest BCUT2D eigenvalue weighted by Crippen LogP contribution is -2.12. The van der Waals surface area contributed by atoms with Crippen molar-refractivity contribution in [3.8, 4) is 11.4 Å². The van der Waals surface area contributed by atoms with Crippen LogP contribution in [0.25, 0.3) is 22.4 Å². The summed E-state index contributed by atoms with van der Waals surface area (Å²) in [6.07, 6.45) is 0. The van der Waals surface area contributed by atoms with Gasteiger partial charge in [0.1, 0.15) is 5.82 Å². The number of hydrogen-bond acceptors (Lipinski definition) is 6. The Morgan fingerprint density at radius 2 is 1.53 bits per heavy atom. The number of amides is 1. The maximum absolute atomic E-state index is 12.5. The van der Waals surface area contributed by atoms with Crippen LogP contribution in [-0.2, 0) is 0 Å². The minimum atomic E-state index is -0.786. The number of fused-ring (bicyclic) bond motifs is 1. The first-order valence-corrected chi connectivity index (χ1v) is 8.71. The lowest BCUT2D eigenvalue weighted by atomic mass is 10.1. The normalized spacial score (nSPS) is 10.7. The number of carbonyl (C=O) groups is 1. The summed E-state index contributed by atoms with van der Waals surface area (Å²) in [5.74, 6) is -0.0262. The molecule has 1 amide bonds. The topological polar surface area (TPSA) is 144 Å². The summed E-state index contributed by atoms with van der Waals surface area (Å²) in [6, 6.07) is 17.2. The number of nitro benzene ring substituents is 2. The van der Waals surface area contributed by atoms with Gasteiger partial charge in [-0.3, -0.25) is 25.0 Å². The third-order valence-electron chi connectivity index (χ3n) is 4.39. The van der Waals surface area contributed by atoms with Gasteiger partial charge in [-0.25, -0.2) is 4.98 Å². The van der Waals surface area contributed by atoms with E-state index in [-0.39, 0.29) is 5.56 Å². The summed E-state index contributed by atoms with van der Waals surface area (Å²) in [7, 11) is 0. The number of aromatic nitrogens is 2. The highest BCUT2D eigenvalue weighted by molar-refractivity contribution is 6.05. The largest absolute Gasteiger partial charge is 0.338 e. The number of nitrogens with one attached hydrogen (secondary N) is 2. The highest BCUT2D eigenvalue weighted by atomic mass is 16.6. The molecule has 2 N–H and O–H groups in total. The highest BCUT2D eigenvalue weighted by Gasteiger charge is 2.20. The molecule has 0 unspecified atom stereocenters. The Kier molecular flexibility index (Phi) is 4.64.